The standard InChI is InChI=1S/C18H30N8O.2ClH/c19-12-5-7-13(8-6-12)22-18-23-16(25-21-9-10-27)15-17(24-18)26(11-20-15)14-3-1-2-4-14;;/h11-14,21,27H,1-10,19H2,(H2,22,23,24,25);2*1H/t12-,13-;;. The van der Waals surface area contributed by atoms with E-state index in [1.54, 1.807) is 0 Å². The maximum atomic E-state index is 9.02. The SMILES string of the molecule is Cl.Cl.N[C@H]1CC[C@H](Nc2nc(NNCCO)c3ncn(C4CCCC4)c3n2)CC1. The Bertz CT molecular complexity index is 760. The summed E-state index contributed by atoms with van der Waals surface area (Å²) in [7, 11) is 0. The van der Waals surface area contributed by atoms with Crippen molar-refractivity contribution in [2.24, 2.45) is 5.73 Å². The number of fused-ring (bicyclic) bond motifs is 1. The van der Waals surface area contributed by atoms with E-state index in [1.165, 1.54) is 25.7 Å². The number of nitrogens with two attached hydrogens (primary N) is 1. The molecule has 0 aliphatic heterocycles. The van der Waals surface area contributed by atoms with Crippen molar-refractivity contribution in [3.63, 3.8) is 0 Å². The van der Waals surface area contributed by atoms with Gasteiger partial charge in [0.05, 0.1) is 12.9 Å². The van der Waals surface area contributed by atoms with Crippen LogP contribution in [-0.4, -0.2) is 49.9 Å². The minimum atomic E-state index is 0. The van der Waals surface area contributed by atoms with Crippen LogP contribution >= 0.6 is 24.8 Å². The Kier molecular flexibility index (Phi) is 9.16. The van der Waals surface area contributed by atoms with E-state index in [9.17, 15) is 0 Å². The summed E-state index contributed by atoms with van der Waals surface area (Å²) in [5.74, 6) is 1.26. The summed E-state index contributed by atoms with van der Waals surface area (Å²) in [6, 6.07) is 1.13. The molecule has 164 valence electrons. The summed E-state index contributed by atoms with van der Waals surface area (Å²) in [5.41, 5.74) is 13.7. The average molecular weight is 447 g/mol. The monoisotopic (exact) mass is 446 g/mol. The summed E-state index contributed by atoms with van der Waals surface area (Å²) >= 11 is 0. The van der Waals surface area contributed by atoms with Gasteiger partial charge < -0.3 is 26.1 Å². The predicted molar refractivity (Wildman–Crippen MR) is 120 cm³/mol. The van der Waals surface area contributed by atoms with Crippen LogP contribution in [-0.2, 0) is 0 Å². The molecule has 2 aromatic heterocycles. The van der Waals surface area contributed by atoms with Crippen LogP contribution in [0.5, 0.6) is 0 Å². The molecule has 0 spiro atoms. The largest absolute Gasteiger partial charge is 0.395 e. The highest BCUT2D eigenvalue weighted by Gasteiger charge is 2.23. The first-order valence-corrected chi connectivity index (χ1v) is 10.1. The van der Waals surface area contributed by atoms with Crippen LogP contribution in [0.3, 0.4) is 0 Å². The van der Waals surface area contributed by atoms with Gasteiger partial charge in [-0.2, -0.15) is 9.97 Å². The lowest BCUT2D eigenvalue weighted by Gasteiger charge is -2.27. The van der Waals surface area contributed by atoms with Gasteiger partial charge in [-0.25, -0.2) is 10.4 Å². The van der Waals surface area contributed by atoms with Crippen molar-refractivity contribution < 1.29 is 5.11 Å². The van der Waals surface area contributed by atoms with E-state index in [1.807, 2.05) is 6.33 Å². The van der Waals surface area contributed by atoms with Gasteiger partial charge >= 0.3 is 0 Å². The molecule has 6 N–H and O–H groups in total. The molecule has 2 aliphatic carbocycles. The molecule has 29 heavy (non-hydrogen) atoms. The summed E-state index contributed by atoms with van der Waals surface area (Å²) in [5, 5.41) is 12.5. The van der Waals surface area contributed by atoms with Gasteiger partial charge in [-0.15, -0.1) is 24.8 Å². The maximum Gasteiger partial charge on any atom is 0.227 e. The molecule has 0 aromatic carbocycles. The van der Waals surface area contributed by atoms with Gasteiger partial charge in [0.15, 0.2) is 17.0 Å². The zero-order valence-corrected chi connectivity index (χ0v) is 18.1. The van der Waals surface area contributed by atoms with Gasteiger partial charge in [0.2, 0.25) is 5.95 Å². The molecule has 0 radical (unpaired) electrons. The number of hydrogen-bond donors (Lipinski definition) is 5. The first kappa shape index (κ1) is 23.9. The lowest BCUT2D eigenvalue weighted by Crippen LogP contribution is -2.33. The van der Waals surface area contributed by atoms with E-state index in [0.717, 1.165) is 36.8 Å². The molecule has 2 aromatic rings. The number of hydrogen-bond acceptors (Lipinski definition) is 8. The third-order valence-corrected chi connectivity index (χ3v) is 5.69. The third-order valence-electron chi connectivity index (χ3n) is 5.69. The van der Waals surface area contributed by atoms with Gasteiger partial charge in [-0.3, -0.25) is 0 Å². The number of nitrogens with zero attached hydrogens (tertiary/aromatic N) is 4. The van der Waals surface area contributed by atoms with Crippen molar-refractivity contribution in [1.82, 2.24) is 24.9 Å². The van der Waals surface area contributed by atoms with Crippen LogP contribution < -0.4 is 21.9 Å². The van der Waals surface area contributed by atoms with Crippen LogP contribution in [0.2, 0.25) is 0 Å². The first-order valence-electron chi connectivity index (χ1n) is 10.1. The summed E-state index contributed by atoms with van der Waals surface area (Å²) in [6.07, 6.45) is 10.9. The summed E-state index contributed by atoms with van der Waals surface area (Å²) < 4.78 is 2.20. The average Bonchev–Trinajstić information content (AvgIpc) is 3.33. The molecule has 2 aliphatic rings. The molecule has 0 unspecified atom stereocenters. The smallest absolute Gasteiger partial charge is 0.227 e. The van der Waals surface area contributed by atoms with Crippen molar-refractivity contribution >= 4 is 47.7 Å². The van der Waals surface area contributed by atoms with E-state index in [2.05, 4.69) is 30.7 Å². The lowest BCUT2D eigenvalue weighted by atomic mass is 9.92. The zero-order valence-electron chi connectivity index (χ0n) is 16.5. The lowest BCUT2D eigenvalue weighted by molar-refractivity contribution is 0.296. The van der Waals surface area contributed by atoms with E-state index in [4.69, 9.17) is 15.8 Å². The second-order valence-electron chi connectivity index (χ2n) is 7.69. The van der Waals surface area contributed by atoms with E-state index in [-0.39, 0.29) is 31.4 Å². The third kappa shape index (κ3) is 5.61. The number of rotatable bonds is 7. The Labute approximate surface area is 183 Å². The van der Waals surface area contributed by atoms with Gasteiger partial charge in [0, 0.05) is 24.7 Å². The normalized spacial score (nSPS) is 22.1. The molecular weight excluding hydrogens is 415 g/mol. The Hall–Kier alpha value is -1.39. The van der Waals surface area contributed by atoms with Crippen molar-refractivity contribution in [3.8, 4) is 0 Å². The first-order chi connectivity index (χ1) is 13.2. The Morgan fingerprint density at radius 2 is 1.79 bits per heavy atom. The molecule has 2 heterocycles. The minimum Gasteiger partial charge on any atom is -0.395 e. The number of aromatic nitrogens is 4. The van der Waals surface area contributed by atoms with Crippen LogP contribution in [0.4, 0.5) is 11.8 Å². The molecule has 11 heteroatoms. The number of aliphatic hydroxyl groups excluding tert-OH is 1. The van der Waals surface area contributed by atoms with Crippen molar-refractivity contribution in [2.45, 2.75) is 69.5 Å². The Morgan fingerprint density at radius 3 is 2.48 bits per heavy atom. The number of hydrazine groups is 1. The number of aliphatic hydroxyl groups is 1. The molecule has 0 bridgehead atoms. The highest BCUT2D eigenvalue weighted by molar-refractivity contribution is 5.86. The van der Waals surface area contributed by atoms with E-state index >= 15 is 0 Å². The fraction of sp³-hybridized carbons (Fsp3) is 0.722. The predicted octanol–water partition coefficient (Wildman–Crippen LogP) is 2.38. The van der Waals surface area contributed by atoms with Gasteiger partial charge in [-0.05, 0) is 38.5 Å². The van der Waals surface area contributed by atoms with Crippen molar-refractivity contribution in [1.29, 1.82) is 0 Å². The quantitative estimate of drug-likeness (QED) is 0.324. The van der Waals surface area contributed by atoms with E-state index < -0.39 is 0 Å². The topological polar surface area (TPSA) is 126 Å². The molecule has 4 rings (SSSR count). The summed E-state index contributed by atoms with van der Waals surface area (Å²) in [6.45, 7) is 0.475. The van der Waals surface area contributed by atoms with Crippen molar-refractivity contribution in [2.75, 3.05) is 23.9 Å². The molecule has 2 fully saturated rings. The highest BCUT2D eigenvalue weighted by Crippen LogP contribution is 2.33. The maximum absolute atomic E-state index is 9.02. The Morgan fingerprint density at radius 1 is 1.07 bits per heavy atom. The van der Waals surface area contributed by atoms with Crippen LogP contribution in [0.1, 0.15) is 57.4 Å². The fourth-order valence-corrected chi connectivity index (χ4v) is 4.17. The highest BCUT2D eigenvalue weighted by atomic mass is 35.5. The summed E-state index contributed by atoms with van der Waals surface area (Å²) in [4.78, 5) is 14.0. The molecular formula is C18H32Cl2N8O. The Balaban J connectivity index is 0.00000150. The molecule has 9 nitrogen and oxygen atoms in total. The van der Waals surface area contributed by atoms with Crippen LogP contribution in [0, 0.1) is 0 Å². The zero-order chi connectivity index (χ0) is 18.6. The second-order valence-corrected chi connectivity index (χ2v) is 7.69. The van der Waals surface area contributed by atoms with Crippen LogP contribution in [0.25, 0.3) is 11.2 Å². The fourth-order valence-electron chi connectivity index (χ4n) is 4.17. The molecule has 0 saturated heterocycles. The minimum absolute atomic E-state index is 0. The molecule has 0 amide bonds. The number of anilines is 2. The van der Waals surface area contributed by atoms with Gasteiger partial charge in [0.25, 0.3) is 0 Å². The van der Waals surface area contributed by atoms with Gasteiger partial charge in [-0.1, -0.05) is 12.8 Å². The van der Waals surface area contributed by atoms with E-state index in [0.29, 0.717) is 36.4 Å². The second kappa shape index (κ2) is 11.1. The number of nitrogens with one attached hydrogen (secondary N) is 3. The molecule has 0 atom stereocenters. The number of imidazole rings is 1. The van der Waals surface area contributed by atoms with Crippen molar-refractivity contribution in [3.05, 3.63) is 6.33 Å². The number of halogens is 2. The van der Waals surface area contributed by atoms with Crippen LogP contribution in [0.15, 0.2) is 6.33 Å². The molecule has 2 saturated carbocycles. The van der Waals surface area contributed by atoms with Gasteiger partial charge in [0.1, 0.15) is 0 Å².